The Morgan fingerprint density at radius 3 is 2.44 bits per heavy atom. The summed E-state index contributed by atoms with van der Waals surface area (Å²) in [6.07, 6.45) is 0. The van der Waals surface area contributed by atoms with Crippen molar-refractivity contribution in [2.24, 2.45) is 0 Å². The van der Waals surface area contributed by atoms with Crippen LogP contribution in [0.3, 0.4) is 0 Å². The van der Waals surface area contributed by atoms with Gasteiger partial charge in [-0.25, -0.2) is 0 Å². The molecule has 0 spiro atoms. The van der Waals surface area contributed by atoms with Crippen molar-refractivity contribution in [2.75, 3.05) is 29.2 Å². The molecule has 0 heterocycles. The third-order valence-electron chi connectivity index (χ3n) is 2.26. The van der Waals surface area contributed by atoms with Crippen molar-refractivity contribution in [3.63, 3.8) is 0 Å². The third kappa shape index (κ3) is 3.34. The SMILES string of the molecule is CCS(=O)CC(=O)N(C)c1ccc(N)cc1. The van der Waals surface area contributed by atoms with Gasteiger partial charge < -0.3 is 10.6 Å². The Balaban J connectivity index is 2.70. The molecule has 0 saturated heterocycles. The van der Waals surface area contributed by atoms with Crippen LogP contribution in [0.25, 0.3) is 0 Å². The first-order valence-corrected chi connectivity index (χ1v) is 6.50. The summed E-state index contributed by atoms with van der Waals surface area (Å²) in [5, 5.41) is 0. The first kappa shape index (κ1) is 12.7. The monoisotopic (exact) mass is 240 g/mol. The Bertz CT molecular complexity index is 389. The highest BCUT2D eigenvalue weighted by atomic mass is 32.2. The molecular formula is C11H16N2O2S. The maximum atomic E-state index is 11.7. The number of hydrogen-bond acceptors (Lipinski definition) is 3. The molecule has 0 aliphatic heterocycles. The van der Waals surface area contributed by atoms with E-state index >= 15 is 0 Å². The summed E-state index contributed by atoms with van der Waals surface area (Å²) in [4.78, 5) is 13.2. The Morgan fingerprint density at radius 1 is 1.38 bits per heavy atom. The number of nitrogens with zero attached hydrogens (tertiary/aromatic N) is 1. The average molecular weight is 240 g/mol. The van der Waals surface area contributed by atoms with Gasteiger partial charge in [-0.15, -0.1) is 0 Å². The molecule has 0 aromatic heterocycles. The molecule has 0 aliphatic carbocycles. The number of carbonyl (C=O) groups is 1. The zero-order valence-corrected chi connectivity index (χ0v) is 10.3. The van der Waals surface area contributed by atoms with E-state index in [9.17, 15) is 9.00 Å². The highest BCUT2D eigenvalue weighted by Crippen LogP contribution is 2.14. The second kappa shape index (κ2) is 5.65. The minimum atomic E-state index is -1.07. The first-order valence-electron chi connectivity index (χ1n) is 5.01. The fourth-order valence-corrected chi connectivity index (χ4v) is 1.85. The lowest BCUT2D eigenvalue weighted by atomic mass is 10.2. The van der Waals surface area contributed by atoms with E-state index < -0.39 is 10.8 Å². The van der Waals surface area contributed by atoms with E-state index in [2.05, 4.69) is 0 Å². The fraction of sp³-hybridized carbons (Fsp3) is 0.364. The number of amides is 1. The van der Waals surface area contributed by atoms with Gasteiger partial charge in [-0.3, -0.25) is 9.00 Å². The molecule has 0 saturated carbocycles. The Morgan fingerprint density at radius 2 is 1.94 bits per heavy atom. The van der Waals surface area contributed by atoms with Crippen LogP contribution in [-0.2, 0) is 15.6 Å². The molecule has 0 bridgehead atoms. The van der Waals surface area contributed by atoms with Crippen LogP contribution in [-0.4, -0.2) is 28.7 Å². The number of nitrogens with two attached hydrogens (primary N) is 1. The number of carbonyl (C=O) groups excluding carboxylic acids is 1. The fourth-order valence-electron chi connectivity index (χ4n) is 1.18. The summed E-state index contributed by atoms with van der Waals surface area (Å²) < 4.78 is 11.3. The average Bonchev–Trinajstić information content (AvgIpc) is 2.28. The predicted octanol–water partition coefficient (Wildman–Crippen LogP) is 1.00. The molecule has 4 nitrogen and oxygen atoms in total. The smallest absolute Gasteiger partial charge is 0.239 e. The first-order chi connectivity index (χ1) is 7.54. The maximum Gasteiger partial charge on any atom is 0.239 e. The summed E-state index contributed by atoms with van der Waals surface area (Å²) in [5.41, 5.74) is 6.96. The van der Waals surface area contributed by atoms with Crippen molar-refractivity contribution in [2.45, 2.75) is 6.92 Å². The highest BCUT2D eigenvalue weighted by molar-refractivity contribution is 7.85. The van der Waals surface area contributed by atoms with E-state index in [1.54, 1.807) is 38.2 Å². The topological polar surface area (TPSA) is 63.4 Å². The molecular weight excluding hydrogens is 224 g/mol. The van der Waals surface area contributed by atoms with Crippen LogP contribution in [0.5, 0.6) is 0 Å². The second-order valence-corrected chi connectivity index (χ2v) is 5.16. The van der Waals surface area contributed by atoms with E-state index in [1.807, 2.05) is 0 Å². The number of nitrogen functional groups attached to an aromatic ring is 1. The largest absolute Gasteiger partial charge is 0.399 e. The lowest BCUT2D eigenvalue weighted by molar-refractivity contribution is -0.115. The van der Waals surface area contributed by atoms with Gasteiger partial charge in [0.05, 0.1) is 0 Å². The van der Waals surface area contributed by atoms with Gasteiger partial charge in [0.1, 0.15) is 5.75 Å². The van der Waals surface area contributed by atoms with Crippen molar-refractivity contribution in [3.05, 3.63) is 24.3 Å². The van der Waals surface area contributed by atoms with Crippen molar-refractivity contribution in [3.8, 4) is 0 Å². The molecule has 1 aromatic rings. The van der Waals surface area contributed by atoms with Gasteiger partial charge in [0.2, 0.25) is 5.91 Å². The van der Waals surface area contributed by atoms with Crippen LogP contribution in [0, 0.1) is 0 Å². The quantitative estimate of drug-likeness (QED) is 0.799. The van der Waals surface area contributed by atoms with Gasteiger partial charge >= 0.3 is 0 Å². The van der Waals surface area contributed by atoms with Crippen LogP contribution in [0.15, 0.2) is 24.3 Å². The molecule has 0 aliphatic rings. The normalized spacial score (nSPS) is 12.1. The van der Waals surface area contributed by atoms with Crippen LogP contribution in [0.1, 0.15) is 6.92 Å². The molecule has 1 rings (SSSR count). The molecule has 0 fully saturated rings. The molecule has 5 heteroatoms. The van der Waals surface area contributed by atoms with Gasteiger partial charge in [-0.05, 0) is 24.3 Å². The van der Waals surface area contributed by atoms with E-state index in [-0.39, 0.29) is 11.7 Å². The van der Waals surface area contributed by atoms with Crippen LogP contribution < -0.4 is 10.6 Å². The summed E-state index contributed by atoms with van der Waals surface area (Å²) >= 11 is 0. The zero-order chi connectivity index (χ0) is 12.1. The van der Waals surface area contributed by atoms with Crippen LogP contribution >= 0.6 is 0 Å². The van der Waals surface area contributed by atoms with Gasteiger partial charge in [-0.1, -0.05) is 6.92 Å². The van der Waals surface area contributed by atoms with E-state index in [0.717, 1.165) is 5.69 Å². The number of anilines is 2. The minimum absolute atomic E-state index is 0.0668. The van der Waals surface area contributed by atoms with Crippen molar-refractivity contribution in [1.82, 2.24) is 0 Å². The number of rotatable bonds is 4. The van der Waals surface area contributed by atoms with Gasteiger partial charge in [0.15, 0.2) is 0 Å². The number of hydrogen-bond donors (Lipinski definition) is 1. The van der Waals surface area contributed by atoms with Crippen molar-refractivity contribution in [1.29, 1.82) is 0 Å². The van der Waals surface area contributed by atoms with Crippen molar-refractivity contribution < 1.29 is 9.00 Å². The van der Waals surface area contributed by atoms with Gasteiger partial charge in [0, 0.05) is 35.0 Å². The van der Waals surface area contributed by atoms with E-state index in [0.29, 0.717) is 11.4 Å². The lowest BCUT2D eigenvalue weighted by Gasteiger charge is -2.17. The molecule has 16 heavy (non-hydrogen) atoms. The van der Waals surface area contributed by atoms with Gasteiger partial charge in [0.25, 0.3) is 0 Å². The molecule has 1 unspecified atom stereocenters. The molecule has 1 amide bonds. The molecule has 1 atom stereocenters. The van der Waals surface area contributed by atoms with Crippen LogP contribution in [0.2, 0.25) is 0 Å². The Labute approximate surface area is 97.9 Å². The summed E-state index contributed by atoms with van der Waals surface area (Å²) in [7, 11) is 0.596. The molecule has 88 valence electrons. The molecule has 0 radical (unpaired) electrons. The summed E-state index contributed by atoms with van der Waals surface area (Å²) in [6, 6.07) is 7.00. The third-order valence-corrected chi connectivity index (χ3v) is 3.47. The highest BCUT2D eigenvalue weighted by Gasteiger charge is 2.13. The van der Waals surface area contributed by atoms with Crippen LogP contribution in [0.4, 0.5) is 11.4 Å². The predicted molar refractivity (Wildman–Crippen MR) is 67.8 cm³/mol. The van der Waals surface area contributed by atoms with E-state index in [1.165, 1.54) is 4.90 Å². The van der Waals surface area contributed by atoms with Gasteiger partial charge in [-0.2, -0.15) is 0 Å². The maximum absolute atomic E-state index is 11.7. The zero-order valence-electron chi connectivity index (χ0n) is 9.47. The Kier molecular flexibility index (Phi) is 4.49. The number of benzene rings is 1. The second-order valence-electron chi connectivity index (χ2n) is 3.42. The standard InChI is InChI=1S/C11H16N2O2S/c1-3-16(15)8-11(14)13(2)10-6-4-9(12)5-7-10/h4-7H,3,8,12H2,1-2H3. The van der Waals surface area contributed by atoms with E-state index in [4.69, 9.17) is 5.73 Å². The summed E-state index contributed by atoms with van der Waals surface area (Å²) in [6.45, 7) is 1.80. The Hall–Kier alpha value is -1.36. The lowest BCUT2D eigenvalue weighted by Crippen LogP contribution is -2.31. The minimum Gasteiger partial charge on any atom is -0.399 e. The van der Waals surface area contributed by atoms with Crippen molar-refractivity contribution >= 4 is 28.1 Å². The molecule has 1 aromatic carbocycles. The molecule has 2 N–H and O–H groups in total. The summed E-state index contributed by atoms with van der Waals surface area (Å²) in [5.74, 6) is 0.420.